The van der Waals surface area contributed by atoms with Gasteiger partial charge in [-0.25, -0.2) is 4.68 Å². The molecule has 0 aliphatic carbocycles. The van der Waals surface area contributed by atoms with Crippen molar-refractivity contribution in [3.05, 3.63) is 29.2 Å². The van der Waals surface area contributed by atoms with Crippen LogP contribution in [0, 0.1) is 6.92 Å². The van der Waals surface area contributed by atoms with E-state index in [0.717, 1.165) is 17.3 Å². The second-order valence-electron chi connectivity index (χ2n) is 4.84. The first-order valence-corrected chi connectivity index (χ1v) is 6.11. The molecule has 0 spiro atoms. The summed E-state index contributed by atoms with van der Waals surface area (Å²) in [4.78, 5) is 0. The van der Waals surface area contributed by atoms with Crippen LogP contribution in [0.15, 0.2) is 12.3 Å². The topological polar surface area (TPSA) is 61.7 Å². The number of hydrogen-bond acceptors (Lipinski definition) is 3. The molecule has 0 aliphatic heterocycles. The molecule has 2 aromatic rings. The second kappa shape index (κ2) is 4.93. The van der Waals surface area contributed by atoms with Crippen molar-refractivity contribution >= 4 is 0 Å². The van der Waals surface area contributed by atoms with E-state index in [0.29, 0.717) is 12.2 Å². The van der Waals surface area contributed by atoms with Gasteiger partial charge >= 0.3 is 6.18 Å². The summed E-state index contributed by atoms with van der Waals surface area (Å²) in [6.07, 6.45) is -2.65. The standard InChI is InChI=1S/C12H16F3N5/c1-7(16)6-9-8(2)17-19(3)11(9)20-5-4-10(18-20)12(13,14)15/h4-5,7H,6,16H2,1-3H3. The Labute approximate surface area is 114 Å². The molecule has 8 heteroatoms. The van der Waals surface area contributed by atoms with E-state index < -0.39 is 11.9 Å². The van der Waals surface area contributed by atoms with Gasteiger partial charge < -0.3 is 5.73 Å². The van der Waals surface area contributed by atoms with Gasteiger partial charge in [0.05, 0.1) is 5.69 Å². The maximum Gasteiger partial charge on any atom is 0.435 e. The molecule has 2 heterocycles. The highest BCUT2D eigenvalue weighted by atomic mass is 19.4. The minimum atomic E-state index is -4.46. The third-order valence-electron chi connectivity index (χ3n) is 2.94. The lowest BCUT2D eigenvalue weighted by atomic mass is 10.1. The van der Waals surface area contributed by atoms with Crippen molar-refractivity contribution in [3.63, 3.8) is 0 Å². The monoisotopic (exact) mass is 287 g/mol. The molecule has 0 aliphatic rings. The zero-order valence-corrected chi connectivity index (χ0v) is 11.4. The van der Waals surface area contributed by atoms with Gasteiger partial charge in [-0.1, -0.05) is 0 Å². The van der Waals surface area contributed by atoms with Crippen LogP contribution >= 0.6 is 0 Å². The average Bonchev–Trinajstić information content (AvgIpc) is 2.84. The molecule has 0 fully saturated rings. The van der Waals surface area contributed by atoms with Crippen LogP contribution in [-0.4, -0.2) is 25.6 Å². The van der Waals surface area contributed by atoms with Gasteiger partial charge in [0.1, 0.15) is 0 Å². The van der Waals surface area contributed by atoms with Gasteiger partial charge in [-0.05, 0) is 26.3 Å². The van der Waals surface area contributed by atoms with Crippen LogP contribution in [0.3, 0.4) is 0 Å². The fourth-order valence-electron chi connectivity index (χ4n) is 2.13. The van der Waals surface area contributed by atoms with Gasteiger partial charge in [-0.2, -0.15) is 23.4 Å². The summed E-state index contributed by atoms with van der Waals surface area (Å²) in [5, 5.41) is 7.81. The summed E-state index contributed by atoms with van der Waals surface area (Å²) in [7, 11) is 1.67. The highest BCUT2D eigenvalue weighted by Gasteiger charge is 2.34. The van der Waals surface area contributed by atoms with Gasteiger partial charge in [0.2, 0.25) is 0 Å². The summed E-state index contributed by atoms with van der Waals surface area (Å²) in [5.74, 6) is 0.510. The van der Waals surface area contributed by atoms with Crippen LogP contribution in [0.1, 0.15) is 23.9 Å². The lowest BCUT2D eigenvalue weighted by Crippen LogP contribution is -2.19. The van der Waals surface area contributed by atoms with E-state index >= 15 is 0 Å². The van der Waals surface area contributed by atoms with Gasteiger partial charge in [-0.15, -0.1) is 0 Å². The number of nitrogens with zero attached hydrogens (tertiary/aromatic N) is 4. The van der Waals surface area contributed by atoms with Crippen molar-refractivity contribution in [1.82, 2.24) is 19.6 Å². The number of nitrogens with two attached hydrogens (primary N) is 1. The van der Waals surface area contributed by atoms with Crippen molar-refractivity contribution in [2.75, 3.05) is 0 Å². The Morgan fingerprint density at radius 2 is 2.00 bits per heavy atom. The quantitative estimate of drug-likeness (QED) is 0.936. The first-order chi connectivity index (χ1) is 9.20. The smallest absolute Gasteiger partial charge is 0.328 e. The van der Waals surface area contributed by atoms with Crippen LogP contribution in [-0.2, 0) is 19.6 Å². The van der Waals surface area contributed by atoms with Crippen LogP contribution in [0.2, 0.25) is 0 Å². The number of alkyl halides is 3. The van der Waals surface area contributed by atoms with Crippen LogP contribution in [0.4, 0.5) is 13.2 Å². The highest BCUT2D eigenvalue weighted by Crippen LogP contribution is 2.28. The van der Waals surface area contributed by atoms with Gasteiger partial charge in [-0.3, -0.25) is 4.68 Å². The van der Waals surface area contributed by atoms with Crippen LogP contribution < -0.4 is 5.73 Å². The van der Waals surface area contributed by atoms with Gasteiger partial charge in [0.25, 0.3) is 0 Å². The predicted octanol–water partition coefficient (Wildman–Crippen LogP) is 1.82. The summed E-state index contributed by atoms with van der Waals surface area (Å²) < 4.78 is 40.6. The fraction of sp³-hybridized carbons (Fsp3) is 0.500. The minimum absolute atomic E-state index is 0.116. The lowest BCUT2D eigenvalue weighted by Gasteiger charge is -2.09. The molecule has 20 heavy (non-hydrogen) atoms. The summed E-state index contributed by atoms with van der Waals surface area (Å²) in [6.45, 7) is 3.63. The molecule has 0 radical (unpaired) electrons. The molecule has 5 nitrogen and oxygen atoms in total. The first-order valence-electron chi connectivity index (χ1n) is 6.11. The lowest BCUT2D eigenvalue weighted by molar-refractivity contribution is -0.141. The Kier molecular flexibility index (Phi) is 3.59. The average molecular weight is 287 g/mol. The zero-order chi connectivity index (χ0) is 15.1. The van der Waals surface area contributed by atoms with Crippen LogP contribution in [0.5, 0.6) is 0 Å². The molecule has 0 saturated heterocycles. The molecule has 0 bridgehead atoms. The van der Waals surface area contributed by atoms with E-state index in [2.05, 4.69) is 10.2 Å². The number of rotatable bonds is 3. The number of aryl methyl sites for hydroxylation is 2. The van der Waals surface area contributed by atoms with E-state index in [1.807, 2.05) is 6.92 Å². The van der Waals surface area contributed by atoms with Crippen LogP contribution in [0.25, 0.3) is 5.82 Å². The van der Waals surface area contributed by atoms with E-state index in [4.69, 9.17) is 5.73 Å². The van der Waals surface area contributed by atoms with Crippen molar-refractivity contribution in [1.29, 1.82) is 0 Å². The maximum absolute atomic E-state index is 12.6. The summed E-state index contributed by atoms with van der Waals surface area (Å²) >= 11 is 0. The normalized spacial score (nSPS) is 13.8. The third kappa shape index (κ3) is 2.69. The SMILES string of the molecule is Cc1nn(C)c(-n2ccc(C(F)(F)F)n2)c1CC(C)N. The third-order valence-corrected chi connectivity index (χ3v) is 2.94. The minimum Gasteiger partial charge on any atom is -0.328 e. The van der Waals surface area contributed by atoms with Crippen molar-refractivity contribution in [2.45, 2.75) is 32.5 Å². The van der Waals surface area contributed by atoms with E-state index in [1.54, 1.807) is 14.0 Å². The van der Waals surface area contributed by atoms with E-state index in [-0.39, 0.29) is 6.04 Å². The predicted molar refractivity (Wildman–Crippen MR) is 67.4 cm³/mol. The molecular weight excluding hydrogens is 271 g/mol. The Morgan fingerprint density at radius 1 is 1.35 bits per heavy atom. The molecule has 0 aromatic carbocycles. The molecule has 0 saturated carbocycles. The number of aromatic nitrogens is 4. The summed E-state index contributed by atoms with van der Waals surface area (Å²) in [5.41, 5.74) is 6.39. The molecule has 2 rings (SSSR count). The van der Waals surface area contributed by atoms with E-state index in [1.165, 1.54) is 15.6 Å². The maximum atomic E-state index is 12.6. The Morgan fingerprint density at radius 3 is 2.50 bits per heavy atom. The number of halogens is 3. The molecule has 1 unspecified atom stereocenters. The Balaban J connectivity index is 2.49. The molecule has 110 valence electrons. The van der Waals surface area contributed by atoms with E-state index in [9.17, 15) is 13.2 Å². The fourth-order valence-corrected chi connectivity index (χ4v) is 2.13. The number of hydrogen-bond donors (Lipinski definition) is 1. The van der Waals surface area contributed by atoms with Crippen molar-refractivity contribution < 1.29 is 13.2 Å². The van der Waals surface area contributed by atoms with Gasteiger partial charge in [0.15, 0.2) is 11.5 Å². The zero-order valence-electron chi connectivity index (χ0n) is 11.4. The molecular formula is C12H16F3N5. The summed E-state index contributed by atoms with van der Waals surface area (Å²) in [6, 6.07) is 0.826. The second-order valence-corrected chi connectivity index (χ2v) is 4.84. The Bertz CT molecular complexity index is 609. The first kappa shape index (κ1) is 14.6. The molecule has 2 N–H and O–H groups in total. The van der Waals surface area contributed by atoms with Gasteiger partial charge in [0, 0.05) is 24.8 Å². The Hall–Kier alpha value is -1.83. The molecule has 1 atom stereocenters. The molecule has 2 aromatic heterocycles. The van der Waals surface area contributed by atoms with Crippen molar-refractivity contribution in [3.8, 4) is 5.82 Å². The molecule has 0 amide bonds. The largest absolute Gasteiger partial charge is 0.435 e. The highest BCUT2D eigenvalue weighted by molar-refractivity contribution is 5.38. The van der Waals surface area contributed by atoms with Crippen molar-refractivity contribution in [2.24, 2.45) is 12.8 Å².